The summed E-state index contributed by atoms with van der Waals surface area (Å²) in [7, 11) is 0. The van der Waals surface area contributed by atoms with Gasteiger partial charge in [0.1, 0.15) is 12.1 Å². The van der Waals surface area contributed by atoms with Gasteiger partial charge < -0.3 is 10.0 Å². The van der Waals surface area contributed by atoms with E-state index in [-0.39, 0.29) is 23.8 Å². The SMILES string of the molecule is CC(=O)N1c2ccccc2C[C@H]1C(=O)N1[C@@H]2CCCC[C@@H]2C[C@H]1C(=O)O. The highest BCUT2D eigenvalue weighted by molar-refractivity contribution is 6.03. The lowest BCUT2D eigenvalue weighted by atomic mass is 9.84. The fourth-order valence-electron chi connectivity index (χ4n) is 5.14. The molecule has 2 fully saturated rings. The molecule has 1 aliphatic carbocycles. The molecule has 1 saturated carbocycles. The van der Waals surface area contributed by atoms with Crippen molar-refractivity contribution < 1.29 is 19.5 Å². The summed E-state index contributed by atoms with van der Waals surface area (Å²) in [6.45, 7) is 1.46. The molecule has 2 heterocycles. The summed E-state index contributed by atoms with van der Waals surface area (Å²) in [4.78, 5) is 40.7. The number of fused-ring (bicyclic) bond motifs is 2. The molecule has 138 valence electrons. The van der Waals surface area contributed by atoms with E-state index in [4.69, 9.17) is 0 Å². The minimum absolute atomic E-state index is 0.00475. The average Bonchev–Trinajstić information content (AvgIpc) is 3.20. The number of aliphatic carboxylic acids is 1. The number of amides is 2. The van der Waals surface area contributed by atoms with Crippen molar-refractivity contribution in [1.29, 1.82) is 0 Å². The number of nitrogens with zero attached hydrogens (tertiary/aromatic N) is 2. The molecule has 1 aromatic carbocycles. The highest BCUT2D eigenvalue weighted by Crippen LogP contribution is 2.42. The third kappa shape index (κ3) is 2.59. The lowest BCUT2D eigenvalue weighted by Gasteiger charge is -2.36. The Labute approximate surface area is 152 Å². The van der Waals surface area contributed by atoms with Crippen LogP contribution < -0.4 is 4.90 Å². The maximum atomic E-state index is 13.5. The molecular weight excluding hydrogens is 332 g/mol. The Morgan fingerprint density at radius 1 is 1.08 bits per heavy atom. The number of carboxylic acids is 1. The Hall–Kier alpha value is -2.37. The zero-order chi connectivity index (χ0) is 18.4. The topological polar surface area (TPSA) is 77.9 Å². The number of likely N-dealkylation sites (tertiary alicyclic amines) is 1. The van der Waals surface area contributed by atoms with Crippen molar-refractivity contribution in [3.05, 3.63) is 29.8 Å². The fraction of sp³-hybridized carbons (Fsp3) is 0.550. The average molecular weight is 356 g/mol. The van der Waals surface area contributed by atoms with E-state index >= 15 is 0 Å². The van der Waals surface area contributed by atoms with Gasteiger partial charge in [0.25, 0.3) is 0 Å². The van der Waals surface area contributed by atoms with Crippen molar-refractivity contribution in [3.63, 3.8) is 0 Å². The van der Waals surface area contributed by atoms with E-state index in [1.165, 1.54) is 6.92 Å². The van der Waals surface area contributed by atoms with Gasteiger partial charge in [0.05, 0.1) is 0 Å². The molecule has 6 nitrogen and oxygen atoms in total. The van der Waals surface area contributed by atoms with Crippen LogP contribution in [0.15, 0.2) is 24.3 Å². The molecule has 0 unspecified atom stereocenters. The van der Waals surface area contributed by atoms with E-state index in [0.717, 1.165) is 36.9 Å². The maximum absolute atomic E-state index is 13.5. The summed E-state index contributed by atoms with van der Waals surface area (Å²) in [6.07, 6.45) is 4.96. The molecule has 0 radical (unpaired) electrons. The van der Waals surface area contributed by atoms with Crippen molar-refractivity contribution in [2.45, 2.75) is 63.6 Å². The molecular formula is C20H24N2O4. The van der Waals surface area contributed by atoms with Crippen LogP contribution in [0.25, 0.3) is 0 Å². The summed E-state index contributed by atoms with van der Waals surface area (Å²) >= 11 is 0. The van der Waals surface area contributed by atoms with Gasteiger partial charge in [0, 0.05) is 25.1 Å². The summed E-state index contributed by atoms with van der Waals surface area (Å²) in [6, 6.07) is 6.13. The molecule has 1 N–H and O–H groups in total. The number of carbonyl (C=O) groups excluding carboxylic acids is 2. The van der Waals surface area contributed by atoms with Gasteiger partial charge in [-0.25, -0.2) is 4.79 Å². The Kier molecular flexibility index (Phi) is 4.21. The number of para-hydroxylation sites is 1. The van der Waals surface area contributed by atoms with Gasteiger partial charge in [-0.3, -0.25) is 14.5 Å². The second-order valence-electron chi connectivity index (χ2n) is 7.68. The largest absolute Gasteiger partial charge is 0.480 e. The number of anilines is 1. The van der Waals surface area contributed by atoms with Gasteiger partial charge in [0.15, 0.2) is 0 Å². The lowest BCUT2D eigenvalue weighted by molar-refractivity contribution is -0.150. The minimum atomic E-state index is -0.933. The molecule has 2 amide bonds. The number of hydrogen-bond donors (Lipinski definition) is 1. The molecule has 1 aromatic rings. The number of rotatable bonds is 2. The second kappa shape index (κ2) is 6.41. The highest BCUT2D eigenvalue weighted by Gasteiger charge is 2.51. The Bertz CT molecular complexity index is 762. The van der Waals surface area contributed by atoms with Crippen molar-refractivity contribution in [3.8, 4) is 0 Å². The zero-order valence-electron chi connectivity index (χ0n) is 14.9. The van der Waals surface area contributed by atoms with Gasteiger partial charge in [-0.2, -0.15) is 0 Å². The molecule has 0 spiro atoms. The first kappa shape index (κ1) is 17.1. The first-order valence-corrected chi connectivity index (χ1v) is 9.41. The quantitative estimate of drug-likeness (QED) is 0.881. The van der Waals surface area contributed by atoms with Crippen LogP contribution in [-0.4, -0.2) is 45.9 Å². The van der Waals surface area contributed by atoms with Crippen LogP contribution >= 0.6 is 0 Å². The van der Waals surface area contributed by atoms with E-state index in [1.807, 2.05) is 24.3 Å². The Balaban J connectivity index is 1.67. The van der Waals surface area contributed by atoms with Gasteiger partial charge in [0.2, 0.25) is 11.8 Å². The van der Waals surface area contributed by atoms with Crippen LogP contribution in [0.4, 0.5) is 5.69 Å². The first-order chi connectivity index (χ1) is 12.5. The summed E-state index contributed by atoms with van der Waals surface area (Å²) < 4.78 is 0. The third-order valence-electron chi connectivity index (χ3n) is 6.23. The maximum Gasteiger partial charge on any atom is 0.326 e. The summed E-state index contributed by atoms with van der Waals surface area (Å²) in [5.41, 5.74) is 1.73. The van der Waals surface area contributed by atoms with E-state index in [1.54, 1.807) is 9.80 Å². The Morgan fingerprint density at radius 2 is 1.81 bits per heavy atom. The smallest absolute Gasteiger partial charge is 0.326 e. The van der Waals surface area contributed by atoms with E-state index in [9.17, 15) is 19.5 Å². The summed E-state index contributed by atoms with van der Waals surface area (Å²) in [5, 5.41) is 9.70. The van der Waals surface area contributed by atoms with Crippen molar-refractivity contribution >= 4 is 23.5 Å². The number of hydrogen-bond acceptors (Lipinski definition) is 3. The van der Waals surface area contributed by atoms with Crippen LogP contribution in [0.2, 0.25) is 0 Å². The van der Waals surface area contributed by atoms with Crippen LogP contribution in [0.5, 0.6) is 0 Å². The zero-order valence-corrected chi connectivity index (χ0v) is 14.9. The molecule has 6 heteroatoms. The van der Waals surface area contributed by atoms with E-state index in [0.29, 0.717) is 12.8 Å². The lowest BCUT2D eigenvalue weighted by Crippen LogP contribution is -2.55. The fourth-order valence-corrected chi connectivity index (χ4v) is 5.14. The minimum Gasteiger partial charge on any atom is -0.480 e. The molecule has 4 rings (SSSR count). The first-order valence-electron chi connectivity index (χ1n) is 9.41. The molecule has 4 atom stereocenters. The van der Waals surface area contributed by atoms with Crippen molar-refractivity contribution in [2.75, 3.05) is 4.90 Å². The molecule has 3 aliphatic rings. The van der Waals surface area contributed by atoms with Gasteiger partial charge in [-0.1, -0.05) is 31.0 Å². The molecule has 1 saturated heterocycles. The third-order valence-corrected chi connectivity index (χ3v) is 6.23. The summed E-state index contributed by atoms with van der Waals surface area (Å²) in [5.74, 6) is -1.06. The van der Waals surface area contributed by atoms with E-state index in [2.05, 4.69) is 0 Å². The predicted molar refractivity (Wildman–Crippen MR) is 95.7 cm³/mol. The van der Waals surface area contributed by atoms with Crippen molar-refractivity contribution in [1.82, 2.24) is 4.90 Å². The highest BCUT2D eigenvalue weighted by atomic mass is 16.4. The molecule has 0 bridgehead atoms. The predicted octanol–water partition coefficient (Wildman–Crippen LogP) is 2.21. The van der Waals surface area contributed by atoms with Crippen molar-refractivity contribution in [2.24, 2.45) is 5.92 Å². The molecule has 0 aromatic heterocycles. The monoisotopic (exact) mass is 356 g/mol. The van der Waals surface area contributed by atoms with E-state index < -0.39 is 18.1 Å². The van der Waals surface area contributed by atoms with Crippen LogP contribution in [0, 0.1) is 5.92 Å². The number of carbonyl (C=O) groups is 3. The number of carboxylic acid groups (broad SMARTS) is 1. The second-order valence-corrected chi connectivity index (χ2v) is 7.68. The molecule has 2 aliphatic heterocycles. The van der Waals surface area contributed by atoms with Crippen LogP contribution in [-0.2, 0) is 20.8 Å². The Morgan fingerprint density at radius 3 is 2.54 bits per heavy atom. The molecule has 26 heavy (non-hydrogen) atoms. The van der Waals surface area contributed by atoms with Crippen LogP contribution in [0.1, 0.15) is 44.6 Å². The van der Waals surface area contributed by atoms with Gasteiger partial charge >= 0.3 is 5.97 Å². The standard InChI is InChI=1S/C20H24N2O4/c1-12(23)21-15-8-4-2-6-13(15)10-17(21)19(24)22-16-9-5-3-7-14(16)11-18(22)20(25)26/h2,4,6,8,14,16-18H,3,5,7,9-11H2,1H3,(H,25,26)/t14-,16-,17+,18+/m1/s1. The van der Waals surface area contributed by atoms with Crippen LogP contribution in [0.3, 0.4) is 0 Å². The normalized spacial score (nSPS) is 30.0. The van der Waals surface area contributed by atoms with Gasteiger partial charge in [-0.05, 0) is 36.8 Å². The number of benzene rings is 1. The van der Waals surface area contributed by atoms with Gasteiger partial charge in [-0.15, -0.1) is 0 Å².